The van der Waals surface area contributed by atoms with Crippen molar-refractivity contribution in [2.24, 2.45) is 0 Å². The first-order valence-electron chi connectivity index (χ1n) is 7.81. The van der Waals surface area contributed by atoms with Crippen molar-refractivity contribution in [3.63, 3.8) is 0 Å². The lowest BCUT2D eigenvalue weighted by Gasteiger charge is -2.10. The molecule has 0 aliphatic heterocycles. The number of carbonyl (C=O) groups is 2. The molecular weight excluding hydrogens is 316 g/mol. The van der Waals surface area contributed by atoms with E-state index in [9.17, 15) is 9.59 Å². The Labute approximate surface area is 142 Å². The number of carbonyl (C=O) groups excluding carboxylic acids is 2. The van der Waals surface area contributed by atoms with Gasteiger partial charge in [-0.15, -0.1) is 0 Å². The number of ether oxygens (including phenoxy) is 2. The van der Waals surface area contributed by atoms with Crippen LogP contribution in [0.1, 0.15) is 45.1 Å². The Kier molecular flexibility index (Phi) is 9.07. The van der Waals surface area contributed by atoms with Gasteiger partial charge in [-0.25, -0.2) is 9.59 Å². The maximum atomic E-state index is 11.6. The van der Waals surface area contributed by atoms with Gasteiger partial charge in [-0.1, -0.05) is 43.5 Å². The van der Waals surface area contributed by atoms with Gasteiger partial charge in [-0.2, -0.15) is 0 Å². The number of rotatable bonds is 9. The lowest BCUT2D eigenvalue weighted by atomic mass is 10.1. The smallest absolute Gasteiger partial charge is 0.331 e. The lowest BCUT2D eigenvalue weighted by molar-refractivity contribution is -0.144. The molecule has 1 aromatic rings. The van der Waals surface area contributed by atoms with Crippen molar-refractivity contribution in [2.75, 3.05) is 0 Å². The summed E-state index contributed by atoms with van der Waals surface area (Å²) in [6, 6.07) is 6.98. The van der Waals surface area contributed by atoms with Crippen LogP contribution < -0.4 is 0 Å². The molecule has 0 saturated carbocycles. The van der Waals surface area contributed by atoms with Gasteiger partial charge in [0.25, 0.3) is 0 Å². The molecule has 0 radical (unpaired) electrons. The molecule has 1 atom stereocenters. The number of benzene rings is 1. The lowest BCUT2D eigenvalue weighted by Crippen LogP contribution is -2.13. The summed E-state index contributed by atoms with van der Waals surface area (Å²) < 4.78 is 10.2. The van der Waals surface area contributed by atoms with Gasteiger partial charge in [0.15, 0.2) is 0 Å². The summed E-state index contributed by atoms with van der Waals surface area (Å²) in [5, 5.41) is 0.621. The molecule has 0 aliphatic carbocycles. The van der Waals surface area contributed by atoms with E-state index in [2.05, 4.69) is 6.92 Å². The fraction of sp³-hybridized carbons (Fsp3) is 0.444. The standard InChI is InChI=1S/C18H23ClO4/c1-3-4-5-6-14(2)23-18(21)12-11-17(20)22-13-15-7-9-16(19)10-8-15/h7-12,14H,3-6,13H2,1-2H3/b12-11+. The van der Waals surface area contributed by atoms with Gasteiger partial charge < -0.3 is 9.47 Å². The van der Waals surface area contributed by atoms with E-state index >= 15 is 0 Å². The number of halogens is 1. The first kappa shape index (κ1) is 19.2. The van der Waals surface area contributed by atoms with Crippen LogP contribution in [0.15, 0.2) is 36.4 Å². The van der Waals surface area contributed by atoms with Gasteiger partial charge in [0.05, 0.1) is 6.10 Å². The van der Waals surface area contributed by atoms with E-state index in [1.54, 1.807) is 24.3 Å². The van der Waals surface area contributed by atoms with Crippen molar-refractivity contribution in [3.05, 3.63) is 47.0 Å². The molecule has 1 unspecified atom stereocenters. The molecule has 0 spiro atoms. The minimum absolute atomic E-state index is 0.128. The van der Waals surface area contributed by atoms with Crippen LogP contribution in [-0.2, 0) is 25.7 Å². The molecule has 0 aromatic heterocycles. The van der Waals surface area contributed by atoms with E-state index in [1.165, 1.54) is 0 Å². The van der Waals surface area contributed by atoms with Crippen molar-refractivity contribution >= 4 is 23.5 Å². The molecule has 1 aromatic carbocycles. The van der Waals surface area contributed by atoms with Gasteiger partial charge in [0, 0.05) is 17.2 Å². The Bertz CT molecular complexity index is 522. The molecule has 0 fully saturated rings. The average Bonchev–Trinajstić information content (AvgIpc) is 2.52. The Morgan fingerprint density at radius 2 is 1.78 bits per heavy atom. The molecule has 4 nitrogen and oxygen atoms in total. The summed E-state index contributed by atoms with van der Waals surface area (Å²) in [5.74, 6) is -1.12. The summed E-state index contributed by atoms with van der Waals surface area (Å²) in [7, 11) is 0. The van der Waals surface area contributed by atoms with E-state index in [-0.39, 0.29) is 12.7 Å². The number of unbranched alkanes of at least 4 members (excludes halogenated alkanes) is 2. The second-order valence-electron chi connectivity index (χ2n) is 5.31. The van der Waals surface area contributed by atoms with Crippen LogP contribution in [0.2, 0.25) is 5.02 Å². The van der Waals surface area contributed by atoms with Crippen molar-refractivity contribution in [2.45, 2.75) is 52.2 Å². The zero-order chi connectivity index (χ0) is 17.1. The maximum absolute atomic E-state index is 11.6. The topological polar surface area (TPSA) is 52.6 Å². The molecule has 1 rings (SSSR count). The highest BCUT2D eigenvalue weighted by Gasteiger charge is 2.07. The number of esters is 2. The minimum Gasteiger partial charge on any atom is -0.460 e. The Morgan fingerprint density at radius 3 is 2.43 bits per heavy atom. The highest BCUT2D eigenvalue weighted by atomic mass is 35.5. The van der Waals surface area contributed by atoms with Crippen LogP contribution in [0.25, 0.3) is 0 Å². The van der Waals surface area contributed by atoms with E-state index in [4.69, 9.17) is 21.1 Å². The summed E-state index contributed by atoms with van der Waals surface area (Å²) in [4.78, 5) is 23.1. The zero-order valence-electron chi connectivity index (χ0n) is 13.6. The summed E-state index contributed by atoms with van der Waals surface area (Å²) in [6.07, 6.45) is 6.13. The van der Waals surface area contributed by atoms with Crippen molar-refractivity contribution in [1.82, 2.24) is 0 Å². The molecule has 0 saturated heterocycles. The average molecular weight is 339 g/mol. The summed E-state index contributed by atoms with van der Waals surface area (Å²) >= 11 is 5.77. The van der Waals surface area contributed by atoms with Gasteiger partial charge in [0.2, 0.25) is 0 Å². The third kappa shape index (κ3) is 9.04. The van der Waals surface area contributed by atoms with Crippen molar-refractivity contribution in [1.29, 1.82) is 0 Å². The molecular formula is C18H23ClO4. The summed E-state index contributed by atoms with van der Waals surface area (Å²) in [6.45, 7) is 4.10. The second kappa shape index (κ2) is 10.8. The van der Waals surface area contributed by atoms with Gasteiger partial charge >= 0.3 is 11.9 Å². The Hall–Kier alpha value is -1.81. The van der Waals surface area contributed by atoms with Crippen LogP contribution in [0, 0.1) is 0 Å². The van der Waals surface area contributed by atoms with E-state index in [0.29, 0.717) is 5.02 Å². The first-order valence-corrected chi connectivity index (χ1v) is 8.19. The van der Waals surface area contributed by atoms with Crippen LogP contribution in [0.4, 0.5) is 0 Å². The Balaban J connectivity index is 2.28. The van der Waals surface area contributed by atoms with Gasteiger partial charge in [0.1, 0.15) is 6.61 Å². The third-order valence-electron chi connectivity index (χ3n) is 3.18. The van der Waals surface area contributed by atoms with Crippen molar-refractivity contribution in [3.8, 4) is 0 Å². The quantitative estimate of drug-likeness (QED) is 0.379. The van der Waals surface area contributed by atoms with E-state index in [0.717, 1.165) is 43.4 Å². The summed E-state index contributed by atoms with van der Waals surface area (Å²) in [5.41, 5.74) is 0.822. The predicted molar refractivity (Wildman–Crippen MR) is 90.1 cm³/mol. The molecule has 126 valence electrons. The molecule has 5 heteroatoms. The molecule has 0 bridgehead atoms. The second-order valence-corrected chi connectivity index (χ2v) is 5.75. The third-order valence-corrected chi connectivity index (χ3v) is 3.43. The highest BCUT2D eigenvalue weighted by Crippen LogP contribution is 2.10. The first-order chi connectivity index (χ1) is 11.0. The van der Waals surface area contributed by atoms with Gasteiger partial charge in [-0.05, 0) is 37.5 Å². The predicted octanol–water partition coefficient (Wildman–Crippen LogP) is 4.45. The van der Waals surface area contributed by atoms with Crippen LogP contribution >= 0.6 is 11.6 Å². The zero-order valence-corrected chi connectivity index (χ0v) is 14.3. The highest BCUT2D eigenvalue weighted by molar-refractivity contribution is 6.30. The molecule has 0 amide bonds. The van der Waals surface area contributed by atoms with Gasteiger partial charge in [-0.3, -0.25) is 0 Å². The molecule has 23 heavy (non-hydrogen) atoms. The van der Waals surface area contributed by atoms with Crippen LogP contribution in [0.5, 0.6) is 0 Å². The van der Waals surface area contributed by atoms with Crippen molar-refractivity contribution < 1.29 is 19.1 Å². The molecule has 0 aliphatic rings. The number of hydrogen-bond acceptors (Lipinski definition) is 4. The fourth-order valence-corrected chi connectivity index (χ4v) is 2.02. The Morgan fingerprint density at radius 1 is 1.13 bits per heavy atom. The van der Waals surface area contributed by atoms with E-state index < -0.39 is 11.9 Å². The minimum atomic E-state index is -0.587. The molecule has 0 heterocycles. The maximum Gasteiger partial charge on any atom is 0.331 e. The van der Waals surface area contributed by atoms with E-state index in [1.807, 2.05) is 6.92 Å². The number of hydrogen-bond donors (Lipinski definition) is 0. The van der Waals surface area contributed by atoms with Crippen LogP contribution in [-0.4, -0.2) is 18.0 Å². The SMILES string of the molecule is CCCCCC(C)OC(=O)/C=C/C(=O)OCc1ccc(Cl)cc1. The molecule has 0 N–H and O–H groups in total. The van der Waals surface area contributed by atoms with Crippen LogP contribution in [0.3, 0.4) is 0 Å². The monoisotopic (exact) mass is 338 g/mol. The fourth-order valence-electron chi connectivity index (χ4n) is 1.90. The largest absolute Gasteiger partial charge is 0.460 e. The normalized spacial score (nSPS) is 12.1.